The first-order valence-corrected chi connectivity index (χ1v) is 10.5. The van der Waals surface area contributed by atoms with Crippen LogP contribution in [0.15, 0.2) is 35.2 Å². The van der Waals surface area contributed by atoms with E-state index in [1.807, 2.05) is 0 Å². The molecule has 33 heavy (non-hydrogen) atoms. The van der Waals surface area contributed by atoms with E-state index in [2.05, 4.69) is 5.32 Å². The smallest absolute Gasteiger partial charge is 0.411 e. The monoisotopic (exact) mass is 514 g/mol. The number of carboxylic acids is 1. The van der Waals surface area contributed by atoms with E-state index in [1.165, 1.54) is 24.1 Å². The number of rotatable bonds is 7. The van der Waals surface area contributed by atoms with Gasteiger partial charge in [0, 0.05) is 30.5 Å². The van der Waals surface area contributed by atoms with Gasteiger partial charge in [0.2, 0.25) is 0 Å². The largest absolute Gasteiger partial charge is 0.480 e. The fourth-order valence-corrected chi connectivity index (χ4v) is 3.88. The van der Waals surface area contributed by atoms with Crippen molar-refractivity contribution < 1.29 is 42.0 Å². The maximum Gasteiger partial charge on any atom is 0.411 e. The molecule has 0 spiro atoms. The average Bonchev–Trinajstić information content (AvgIpc) is 3.21. The number of ether oxygens (including phenoxy) is 2. The molecule has 7 nitrogen and oxygen atoms in total. The number of nitrogens with zero attached hydrogens (tertiary/aromatic N) is 1. The fourth-order valence-electron chi connectivity index (χ4n) is 3.45. The summed E-state index contributed by atoms with van der Waals surface area (Å²) < 4.78 is 62.4. The maximum atomic E-state index is 14.8. The van der Waals surface area contributed by atoms with Crippen molar-refractivity contribution >= 4 is 29.2 Å². The number of aliphatic carboxylic acids is 1. The number of hydrogen-bond donors (Lipinski definition) is 3. The van der Waals surface area contributed by atoms with Gasteiger partial charge in [0.25, 0.3) is 0 Å². The minimum atomic E-state index is -4.56. The van der Waals surface area contributed by atoms with Crippen LogP contribution in [-0.4, -0.2) is 52.2 Å². The lowest BCUT2D eigenvalue weighted by Gasteiger charge is -2.33. The van der Waals surface area contributed by atoms with E-state index in [9.17, 15) is 32.6 Å². The van der Waals surface area contributed by atoms with Crippen molar-refractivity contribution in [3.8, 4) is 5.75 Å². The zero-order valence-electron chi connectivity index (χ0n) is 17.1. The van der Waals surface area contributed by atoms with E-state index < -0.39 is 42.6 Å². The van der Waals surface area contributed by atoms with Gasteiger partial charge in [-0.25, -0.2) is 4.39 Å². The Hall–Kier alpha value is -2.05. The van der Waals surface area contributed by atoms with Crippen LogP contribution in [0.2, 0.25) is 5.02 Å². The molecular weight excluding hydrogens is 495 g/mol. The van der Waals surface area contributed by atoms with Crippen LogP contribution < -0.4 is 10.1 Å². The summed E-state index contributed by atoms with van der Waals surface area (Å²) in [5.74, 6) is -2.16. The standard InChI is InChI=1S/C20H20Cl2F4N2O5/c1-19(32-9-20(24,25)26)16(22)5-10(8-27-19)33-15-7-13(23)11(6-12(15)21)17(29)28-4-2-3-14(28)18(30)31/h5-8,14,17,27,29H,2-4,9H2,1H3,(H,30,31)/t14-,17?,19?/m0/s1. The summed E-state index contributed by atoms with van der Waals surface area (Å²) in [6, 6.07) is 1.07. The molecule has 3 atom stereocenters. The normalized spacial score (nSPS) is 24.7. The van der Waals surface area contributed by atoms with Gasteiger partial charge in [-0.05, 0) is 25.8 Å². The summed E-state index contributed by atoms with van der Waals surface area (Å²) in [4.78, 5) is 12.6. The summed E-state index contributed by atoms with van der Waals surface area (Å²) in [7, 11) is 0. The van der Waals surface area contributed by atoms with Crippen molar-refractivity contribution in [3.05, 3.63) is 51.6 Å². The van der Waals surface area contributed by atoms with Crippen molar-refractivity contribution in [1.82, 2.24) is 10.2 Å². The van der Waals surface area contributed by atoms with E-state index in [4.69, 9.17) is 32.7 Å². The highest BCUT2D eigenvalue weighted by molar-refractivity contribution is 6.32. The first kappa shape index (κ1) is 25.6. The SMILES string of the molecule is CC1(OCC(F)(F)F)NC=C(Oc2cc(F)c(C(O)N3CCC[C@H]3C(=O)O)cc2Cl)C=C1Cl. The molecule has 0 bridgehead atoms. The maximum absolute atomic E-state index is 14.8. The number of nitrogens with one attached hydrogen (secondary N) is 1. The summed E-state index contributed by atoms with van der Waals surface area (Å²) >= 11 is 12.2. The molecule has 2 aliphatic rings. The van der Waals surface area contributed by atoms with Crippen LogP contribution in [0.25, 0.3) is 0 Å². The Kier molecular flexibility index (Phi) is 7.49. The van der Waals surface area contributed by atoms with Crippen LogP contribution in [0.3, 0.4) is 0 Å². The summed E-state index contributed by atoms with van der Waals surface area (Å²) in [5.41, 5.74) is -1.87. The highest BCUT2D eigenvalue weighted by atomic mass is 35.5. The first-order chi connectivity index (χ1) is 15.3. The van der Waals surface area contributed by atoms with Crippen LogP contribution in [0.1, 0.15) is 31.6 Å². The molecule has 0 radical (unpaired) electrons. The predicted molar refractivity (Wildman–Crippen MR) is 110 cm³/mol. The first-order valence-electron chi connectivity index (χ1n) is 9.70. The van der Waals surface area contributed by atoms with Gasteiger partial charge in [0.1, 0.15) is 36.2 Å². The van der Waals surface area contributed by atoms with Crippen molar-refractivity contribution in [2.45, 2.75) is 43.9 Å². The number of benzene rings is 1. The Morgan fingerprint density at radius 2 is 2.09 bits per heavy atom. The van der Waals surface area contributed by atoms with Gasteiger partial charge >= 0.3 is 12.1 Å². The quantitative estimate of drug-likeness (QED) is 0.468. The van der Waals surface area contributed by atoms with E-state index in [1.54, 1.807) is 0 Å². The average molecular weight is 515 g/mol. The lowest BCUT2D eigenvalue weighted by molar-refractivity contribution is -0.198. The Morgan fingerprint density at radius 3 is 2.70 bits per heavy atom. The third-order valence-corrected chi connectivity index (χ3v) is 5.95. The molecule has 2 aliphatic heterocycles. The number of carbonyl (C=O) groups is 1. The molecule has 0 amide bonds. The van der Waals surface area contributed by atoms with E-state index >= 15 is 0 Å². The van der Waals surface area contributed by atoms with Gasteiger partial charge in [-0.3, -0.25) is 9.69 Å². The van der Waals surface area contributed by atoms with Crippen molar-refractivity contribution in [1.29, 1.82) is 0 Å². The van der Waals surface area contributed by atoms with Gasteiger partial charge in [-0.2, -0.15) is 13.2 Å². The zero-order valence-corrected chi connectivity index (χ0v) is 18.6. The summed E-state index contributed by atoms with van der Waals surface area (Å²) in [6.45, 7) is 0.0199. The van der Waals surface area contributed by atoms with Crippen LogP contribution in [0.4, 0.5) is 17.6 Å². The summed E-state index contributed by atoms with van der Waals surface area (Å²) in [6.07, 6.45) is -2.86. The molecule has 1 saturated heterocycles. The van der Waals surface area contributed by atoms with Gasteiger partial charge in [-0.15, -0.1) is 0 Å². The molecular formula is C20H20Cl2F4N2O5. The Balaban J connectivity index is 1.74. The molecule has 3 N–H and O–H groups in total. The highest BCUT2D eigenvalue weighted by Crippen LogP contribution is 2.36. The van der Waals surface area contributed by atoms with Gasteiger partial charge in [-0.1, -0.05) is 23.2 Å². The lowest BCUT2D eigenvalue weighted by Crippen LogP contribution is -2.46. The number of aliphatic hydroxyl groups excluding tert-OH is 1. The zero-order chi connectivity index (χ0) is 24.6. The van der Waals surface area contributed by atoms with Crippen LogP contribution in [-0.2, 0) is 9.53 Å². The number of aliphatic hydroxyl groups is 1. The topological polar surface area (TPSA) is 91.3 Å². The number of carboxylic acid groups (broad SMARTS) is 1. The lowest BCUT2D eigenvalue weighted by atomic mass is 10.1. The molecule has 2 heterocycles. The second-order valence-corrected chi connectivity index (χ2v) is 8.45. The van der Waals surface area contributed by atoms with Gasteiger partial charge in [0.05, 0.1) is 10.1 Å². The van der Waals surface area contributed by atoms with Gasteiger partial charge < -0.3 is 25.0 Å². The number of hydrogen-bond acceptors (Lipinski definition) is 6. The molecule has 3 rings (SSSR count). The van der Waals surface area contributed by atoms with Crippen LogP contribution in [0.5, 0.6) is 5.75 Å². The number of alkyl halides is 3. The third-order valence-electron chi connectivity index (χ3n) is 5.19. The minimum absolute atomic E-state index is 0.00756. The molecule has 0 aliphatic carbocycles. The molecule has 182 valence electrons. The number of dihydropyridines is 1. The number of allylic oxidation sites excluding steroid dienone is 1. The fraction of sp³-hybridized carbons (Fsp3) is 0.450. The molecule has 1 aromatic rings. The van der Waals surface area contributed by atoms with E-state index in [0.29, 0.717) is 12.8 Å². The second kappa shape index (κ2) is 9.67. The van der Waals surface area contributed by atoms with Crippen LogP contribution >= 0.6 is 23.2 Å². The summed E-state index contributed by atoms with van der Waals surface area (Å²) in [5, 5.41) is 22.1. The predicted octanol–water partition coefficient (Wildman–Crippen LogP) is 4.26. The molecule has 1 aromatic carbocycles. The molecule has 0 aromatic heterocycles. The Labute approximate surface area is 196 Å². The molecule has 0 saturated carbocycles. The number of likely N-dealkylation sites (tertiary alicyclic amines) is 1. The second-order valence-electron chi connectivity index (χ2n) is 7.63. The highest BCUT2D eigenvalue weighted by Gasteiger charge is 2.38. The van der Waals surface area contributed by atoms with E-state index in [0.717, 1.165) is 12.1 Å². The van der Waals surface area contributed by atoms with Crippen molar-refractivity contribution in [2.24, 2.45) is 0 Å². The Bertz CT molecular complexity index is 988. The van der Waals surface area contributed by atoms with Gasteiger partial charge in [0.15, 0.2) is 5.72 Å². The third kappa shape index (κ3) is 5.90. The Morgan fingerprint density at radius 1 is 1.39 bits per heavy atom. The minimum Gasteiger partial charge on any atom is -0.480 e. The van der Waals surface area contributed by atoms with E-state index in [-0.39, 0.29) is 33.7 Å². The molecule has 2 unspecified atom stereocenters. The molecule has 13 heteroatoms. The number of halogens is 6. The van der Waals surface area contributed by atoms with Crippen molar-refractivity contribution in [2.75, 3.05) is 13.2 Å². The van der Waals surface area contributed by atoms with Crippen molar-refractivity contribution in [3.63, 3.8) is 0 Å². The molecule has 1 fully saturated rings. The van der Waals surface area contributed by atoms with Crippen LogP contribution in [0, 0.1) is 5.82 Å².